The summed E-state index contributed by atoms with van der Waals surface area (Å²) in [6.45, 7) is 0. The summed E-state index contributed by atoms with van der Waals surface area (Å²) in [5.41, 5.74) is 2.38. The smallest absolute Gasteiger partial charge is 0.282 e. The van der Waals surface area contributed by atoms with Gasteiger partial charge in [-0.2, -0.15) is 0 Å². The summed E-state index contributed by atoms with van der Waals surface area (Å²) in [6.07, 6.45) is 1.72. The van der Waals surface area contributed by atoms with Crippen LogP contribution in [0.4, 0.5) is 5.69 Å². The van der Waals surface area contributed by atoms with Crippen molar-refractivity contribution < 1.29 is 23.7 Å². The van der Waals surface area contributed by atoms with E-state index in [1.807, 2.05) is 48.5 Å². The van der Waals surface area contributed by atoms with Gasteiger partial charge in [-0.25, -0.2) is 4.99 Å². The molecular weight excluding hydrogens is 420 g/mol. The average molecular weight is 444 g/mol. The first-order valence-corrected chi connectivity index (χ1v) is 10.2. The molecule has 0 saturated carbocycles. The van der Waals surface area contributed by atoms with E-state index in [9.17, 15) is 4.79 Å². The van der Waals surface area contributed by atoms with Crippen molar-refractivity contribution in [3.8, 4) is 23.0 Å². The van der Waals surface area contributed by atoms with Crippen molar-refractivity contribution in [2.24, 2.45) is 4.99 Å². The predicted octanol–water partition coefficient (Wildman–Crippen LogP) is 4.56. The summed E-state index contributed by atoms with van der Waals surface area (Å²) in [4.78, 5) is 19.9. The molecule has 0 fully saturated rings. The first-order chi connectivity index (χ1) is 16.1. The van der Waals surface area contributed by atoms with E-state index in [2.05, 4.69) is 0 Å². The molecule has 0 N–H and O–H groups in total. The third kappa shape index (κ3) is 4.25. The number of methoxy groups -OCH3 is 4. The second-order valence-corrected chi connectivity index (χ2v) is 7.12. The number of hydrogen-bond acceptors (Lipinski definition) is 6. The van der Waals surface area contributed by atoms with Crippen LogP contribution in [0.1, 0.15) is 11.1 Å². The summed E-state index contributed by atoms with van der Waals surface area (Å²) in [7, 11) is 6.31. The highest BCUT2D eigenvalue weighted by Gasteiger charge is 2.33. The lowest BCUT2D eigenvalue weighted by atomic mass is 10.1. The lowest BCUT2D eigenvalue weighted by Gasteiger charge is -2.20. The van der Waals surface area contributed by atoms with Gasteiger partial charge in [0.15, 0.2) is 11.5 Å². The van der Waals surface area contributed by atoms with Crippen LogP contribution in [0, 0.1) is 0 Å². The Kier molecular flexibility index (Phi) is 6.31. The number of amidine groups is 1. The van der Waals surface area contributed by atoms with Crippen LogP contribution in [0.15, 0.2) is 77.4 Å². The largest absolute Gasteiger partial charge is 0.497 e. The van der Waals surface area contributed by atoms with E-state index >= 15 is 0 Å². The van der Waals surface area contributed by atoms with Gasteiger partial charge in [-0.3, -0.25) is 9.69 Å². The molecule has 1 heterocycles. The molecule has 1 aliphatic rings. The number of rotatable bonds is 7. The Hall–Kier alpha value is -4.26. The number of nitrogens with zero attached hydrogens (tertiary/aromatic N) is 2. The van der Waals surface area contributed by atoms with E-state index < -0.39 is 0 Å². The van der Waals surface area contributed by atoms with Gasteiger partial charge in [0, 0.05) is 17.2 Å². The number of carbonyl (C=O) groups is 1. The summed E-state index contributed by atoms with van der Waals surface area (Å²) in [5.74, 6) is 2.60. The molecule has 33 heavy (non-hydrogen) atoms. The first kappa shape index (κ1) is 22.0. The quantitative estimate of drug-likeness (QED) is 0.500. The number of para-hydroxylation sites is 1. The van der Waals surface area contributed by atoms with E-state index in [0.717, 1.165) is 11.1 Å². The number of hydrogen-bond donors (Lipinski definition) is 0. The van der Waals surface area contributed by atoms with Crippen LogP contribution < -0.4 is 23.8 Å². The normalized spacial score (nSPS) is 14.3. The third-order valence-electron chi connectivity index (χ3n) is 5.24. The van der Waals surface area contributed by atoms with E-state index in [-0.39, 0.29) is 11.6 Å². The fourth-order valence-corrected chi connectivity index (χ4v) is 3.61. The lowest BCUT2D eigenvalue weighted by molar-refractivity contribution is -0.113. The molecule has 0 atom stereocenters. The second kappa shape index (κ2) is 9.48. The van der Waals surface area contributed by atoms with Gasteiger partial charge in [-0.1, -0.05) is 30.3 Å². The van der Waals surface area contributed by atoms with E-state index in [1.165, 1.54) is 0 Å². The number of amides is 1. The Morgan fingerprint density at radius 1 is 0.758 bits per heavy atom. The van der Waals surface area contributed by atoms with E-state index in [0.29, 0.717) is 34.5 Å². The van der Waals surface area contributed by atoms with Gasteiger partial charge in [-0.15, -0.1) is 0 Å². The molecule has 0 aromatic heterocycles. The van der Waals surface area contributed by atoms with Gasteiger partial charge in [0.2, 0.25) is 0 Å². The molecule has 1 amide bonds. The summed E-state index contributed by atoms with van der Waals surface area (Å²) < 4.78 is 21.6. The predicted molar refractivity (Wildman–Crippen MR) is 128 cm³/mol. The number of carbonyl (C=O) groups excluding carboxylic acids is 1. The maximum atomic E-state index is 13.6. The van der Waals surface area contributed by atoms with Crippen molar-refractivity contribution in [3.63, 3.8) is 0 Å². The maximum absolute atomic E-state index is 13.6. The molecule has 4 rings (SSSR count). The number of benzene rings is 3. The highest BCUT2D eigenvalue weighted by molar-refractivity contribution is 6.33. The SMILES string of the molecule is COc1cccc(C2=N/C(=C/c3ccccc3OC)C(=O)N2c2ccc(OC)c(OC)c2)c1. The van der Waals surface area contributed by atoms with Gasteiger partial charge in [0.25, 0.3) is 5.91 Å². The zero-order valence-corrected chi connectivity index (χ0v) is 18.9. The van der Waals surface area contributed by atoms with Gasteiger partial charge in [0.1, 0.15) is 23.0 Å². The molecule has 0 saturated heterocycles. The molecule has 3 aromatic rings. The van der Waals surface area contributed by atoms with Crippen LogP contribution in [0.5, 0.6) is 23.0 Å². The topological polar surface area (TPSA) is 69.6 Å². The van der Waals surface area contributed by atoms with Crippen LogP contribution in [-0.4, -0.2) is 40.2 Å². The van der Waals surface area contributed by atoms with Crippen molar-refractivity contribution in [1.29, 1.82) is 0 Å². The minimum absolute atomic E-state index is 0.272. The van der Waals surface area contributed by atoms with Gasteiger partial charge in [-0.05, 0) is 36.4 Å². The minimum atomic E-state index is -0.272. The molecule has 7 nitrogen and oxygen atoms in total. The Morgan fingerprint density at radius 2 is 1.52 bits per heavy atom. The van der Waals surface area contributed by atoms with Crippen molar-refractivity contribution >= 4 is 23.5 Å². The lowest BCUT2D eigenvalue weighted by Crippen LogP contribution is -2.32. The minimum Gasteiger partial charge on any atom is -0.497 e. The average Bonchev–Trinajstić information content (AvgIpc) is 3.19. The Bertz CT molecular complexity index is 1250. The van der Waals surface area contributed by atoms with Crippen LogP contribution in [-0.2, 0) is 4.79 Å². The van der Waals surface area contributed by atoms with Crippen LogP contribution in [0.25, 0.3) is 6.08 Å². The van der Waals surface area contributed by atoms with Gasteiger partial charge >= 0.3 is 0 Å². The highest BCUT2D eigenvalue weighted by atomic mass is 16.5. The van der Waals surface area contributed by atoms with Crippen LogP contribution in [0.3, 0.4) is 0 Å². The van der Waals surface area contributed by atoms with Gasteiger partial charge in [0.05, 0.1) is 34.1 Å². The number of anilines is 1. The number of aliphatic imine (C=N–C) groups is 1. The molecule has 0 unspecified atom stereocenters. The van der Waals surface area contributed by atoms with Gasteiger partial charge < -0.3 is 18.9 Å². The zero-order valence-electron chi connectivity index (χ0n) is 18.9. The summed E-state index contributed by atoms with van der Waals surface area (Å²) in [5, 5.41) is 0. The standard InChI is InChI=1S/C26H24N2O5/c1-30-20-10-7-9-18(14-20)25-27-21(15-17-8-5-6-11-22(17)31-2)26(29)28(25)19-12-13-23(32-3)24(16-19)33-4/h5-16H,1-4H3/b21-15+. The fraction of sp³-hybridized carbons (Fsp3) is 0.154. The molecule has 7 heteroatoms. The maximum Gasteiger partial charge on any atom is 0.282 e. The monoisotopic (exact) mass is 444 g/mol. The van der Waals surface area contributed by atoms with E-state index in [1.54, 1.807) is 57.6 Å². The molecule has 0 radical (unpaired) electrons. The first-order valence-electron chi connectivity index (χ1n) is 10.2. The molecule has 0 spiro atoms. The Labute approximate surface area is 192 Å². The molecule has 0 aliphatic carbocycles. The van der Waals surface area contributed by atoms with Crippen LogP contribution >= 0.6 is 0 Å². The second-order valence-electron chi connectivity index (χ2n) is 7.12. The van der Waals surface area contributed by atoms with Crippen molar-refractivity contribution in [3.05, 3.63) is 83.6 Å². The van der Waals surface area contributed by atoms with Crippen LogP contribution in [0.2, 0.25) is 0 Å². The highest BCUT2D eigenvalue weighted by Crippen LogP contribution is 2.35. The fourth-order valence-electron chi connectivity index (χ4n) is 3.61. The van der Waals surface area contributed by atoms with E-state index in [4.69, 9.17) is 23.9 Å². The molecular formula is C26H24N2O5. The summed E-state index contributed by atoms with van der Waals surface area (Å²) in [6, 6.07) is 20.2. The van der Waals surface area contributed by atoms with Crippen molar-refractivity contribution in [2.45, 2.75) is 0 Å². The molecule has 3 aromatic carbocycles. The summed E-state index contributed by atoms with van der Waals surface area (Å²) >= 11 is 0. The number of ether oxygens (including phenoxy) is 4. The van der Waals surface area contributed by atoms with Crippen molar-refractivity contribution in [1.82, 2.24) is 0 Å². The Morgan fingerprint density at radius 3 is 2.24 bits per heavy atom. The third-order valence-corrected chi connectivity index (χ3v) is 5.24. The van der Waals surface area contributed by atoms with Crippen molar-refractivity contribution in [2.75, 3.05) is 33.3 Å². The molecule has 168 valence electrons. The zero-order chi connectivity index (χ0) is 23.4. The molecule has 0 bridgehead atoms. The molecule has 1 aliphatic heterocycles. The Balaban J connectivity index is 1.86.